The maximum atomic E-state index is 11.8. The lowest BCUT2D eigenvalue weighted by atomic mass is 9.92. The van der Waals surface area contributed by atoms with E-state index < -0.39 is 12.0 Å². The Morgan fingerprint density at radius 3 is 2.75 bits per heavy atom. The molecule has 1 saturated heterocycles. The largest absolute Gasteiger partial charge is 0.480 e. The van der Waals surface area contributed by atoms with Crippen LogP contribution in [0.15, 0.2) is 0 Å². The van der Waals surface area contributed by atoms with Gasteiger partial charge in [0.15, 0.2) is 0 Å². The molecule has 2 unspecified atom stereocenters. The highest BCUT2D eigenvalue weighted by atomic mass is 32.2. The molecule has 4 nitrogen and oxygen atoms in total. The number of rotatable bonds is 4. The van der Waals surface area contributed by atoms with Gasteiger partial charge in [-0.2, -0.15) is 11.8 Å². The summed E-state index contributed by atoms with van der Waals surface area (Å²) in [5.41, 5.74) is 0. The molecule has 1 rings (SSSR count). The maximum Gasteiger partial charge on any atom is 0.326 e. The van der Waals surface area contributed by atoms with Crippen molar-refractivity contribution in [3.63, 3.8) is 0 Å². The molecule has 0 aromatic heterocycles. The van der Waals surface area contributed by atoms with E-state index in [0.717, 1.165) is 12.2 Å². The van der Waals surface area contributed by atoms with Gasteiger partial charge in [-0.1, -0.05) is 6.92 Å². The van der Waals surface area contributed by atoms with Crippen LogP contribution in [-0.4, -0.2) is 46.5 Å². The molecular weight excluding hydrogens is 226 g/mol. The van der Waals surface area contributed by atoms with E-state index in [1.54, 1.807) is 16.7 Å². The van der Waals surface area contributed by atoms with E-state index in [0.29, 0.717) is 25.3 Å². The molecule has 0 saturated carbocycles. The summed E-state index contributed by atoms with van der Waals surface area (Å²) in [6.07, 6.45) is 3.88. The van der Waals surface area contributed by atoms with Crippen LogP contribution in [0.1, 0.15) is 26.2 Å². The fraction of sp³-hybridized carbons (Fsp3) is 0.818. The number of carbonyl (C=O) groups is 2. The van der Waals surface area contributed by atoms with E-state index in [9.17, 15) is 9.59 Å². The minimum absolute atomic E-state index is 0.0198. The van der Waals surface area contributed by atoms with E-state index in [2.05, 4.69) is 0 Å². The number of hydrogen-bond donors (Lipinski definition) is 1. The first kappa shape index (κ1) is 13.4. The molecule has 5 heteroatoms. The van der Waals surface area contributed by atoms with Gasteiger partial charge in [0.1, 0.15) is 6.04 Å². The van der Waals surface area contributed by atoms with Gasteiger partial charge in [-0.3, -0.25) is 4.79 Å². The summed E-state index contributed by atoms with van der Waals surface area (Å²) in [7, 11) is 0. The Balaban J connectivity index is 2.61. The van der Waals surface area contributed by atoms with Crippen molar-refractivity contribution in [2.45, 2.75) is 32.2 Å². The summed E-state index contributed by atoms with van der Waals surface area (Å²) < 4.78 is 0. The lowest BCUT2D eigenvalue weighted by molar-refractivity contribution is -0.152. The second kappa shape index (κ2) is 6.13. The molecule has 0 aromatic carbocycles. The summed E-state index contributed by atoms with van der Waals surface area (Å²) in [5.74, 6) is 0.264. The Labute approximate surface area is 100 Å². The van der Waals surface area contributed by atoms with Gasteiger partial charge in [0.2, 0.25) is 5.91 Å². The molecule has 92 valence electrons. The summed E-state index contributed by atoms with van der Waals surface area (Å²) in [6, 6.07) is -0.613. The number of likely N-dealkylation sites (tertiary alicyclic amines) is 1. The molecule has 1 fully saturated rings. The smallest absolute Gasteiger partial charge is 0.326 e. The Hall–Kier alpha value is -0.710. The van der Waals surface area contributed by atoms with Crippen LogP contribution in [-0.2, 0) is 9.59 Å². The first-order valence-electron chi connectivity index (χ1n) is 5.57. The first-order valence-corrected chi connectivity index (χ1v) is 6.96. The Morgan fingerprint density at radius 1 is 1.50 bits per heavy atom. The van der Waals surface area contributed by atoms with Crippen molar-refractivity contribution in [1.82, 2.24) is 4.90 Å². The molecule has 2 atom stereocenters. The third-order valence-electron chi connectivity index (χ3n) is 2.99. The Bertz CT molecular complexity index is 270. The fourth-order valence-corrected chi connectivity index (χ4v) is 2.39. The standard InChI is InChI=1S/C11H19NO3S/c1-8-3-5-12(9(7-8)11(14)15)10(13)4-6-16-2/h8-9H,3-7H2,1-2H3,(H,14,15). The minimum atomic E-state index is -0.871. The van der Waals surface area contributed by atoms with Gasteiger partial charge in [0.05, 0.1) is 0 Å². The highest BCUT2D eigenvalue weighted by Gasteiger charge is 2.34. The number of hydrogen-bond acceptors (Lipinski definition) is 3. The molecule has 1 amide bonds. The van der Waals surface area contributed by atoms with Gasteiger partial charge >= 0.3 is 5.97 Å². The highest BCUT2D eigenvalue weighted by molar-refractivity contribution is 7.98. The van der Waals surface area contributed by atoms with Crippen LogP contribution in [0.2, 0.25) is 0 Å². The molecular formula is C11H19NO3S. The number of carboxylic acids is 1. The fourth-order valence-electron chi connectivity index (χ4n) is 2.01. The van der Waals surface area contributed by atoms with Crippen molar-refractivity contribution in [2.75, 3.05) is 18.6 Å². The van der Waals surface area contributed by atoms with Crippen LogP contribution in [0.5, 0.6) is 0 Å². The Morgan fingerprint density at radius 2 is 2.19 bits per heavy atom. The predicted octanol–water partition coefficient (Wildman–Crippen LogP) is 1.45. The van der Waals surface area contributed by atoms with Gasteiger partial charge in [-0.05, 0) is 25.0 Å². The third-order valence-corrected chi connectivity index (χ3v) is 3.60. The van der Waals surface area contributed by atoms with E-state index >= 15 is 0 Å². The third kappa shape index (κ3) is 3.40. The number of amides is 1. The van der Waals surface area contributed by atoms with Crippen LogP contribution in [0.25, 0.3) is 0 Å². The summed E-state index contributed by atoms with van der Waals surface area (Å²) in [5, 5.41) is 9.10. The number of piperidine rings is 1. The van der Waals surface area contributed by atoms with Crippen LogP contribution >= 0.6 is 11.8 Å². The molecule has 1 heterocycles. The summed E-state index contributed by atoms with van der Waals surface area (Å²) in [4.78, 5) is 24.5. The lowest BCUT2D eigenvalue weighted by Crippen LogP contribution is -2.49. The lowest BCUT2D eigenvalue weighted by Gasteiger charge is -2.36. The van der Waals surface area contributed by atoms with Crippen molar-refractivity contribution < 1.29 is 14.7 Å². The van der Waals surface area contributed by atoms with Crippen molar-refractivity contribution in [1.29, 1.82) is 0 Å². The average molecular weight is 245 g/mol. The van der Waals surface area contributed by atoms with Crippen molar-refractivity contribution in [2.24, 2.45) is 5.92 Å². The molecule has 1 N–H and O–H groups in total. The minimum Gasteiger partial charge on any atom is -0.480 e. The number of thioether (sulfide) groups is 1. The Kier molecular flexibility index (Phi) is 5.12. The monoisotopic (exact) mass is 245 g/mol. The van der Waals surface area contributed by atoms with E-state index in [4.69, 9.17) is 5.11 Å². The zero-order chi connectivity index (χ0) is 12.1. The highest BCUT2D eigenvalue weighted by Crippen LogP contribution is 2.23. The number of nitrogens with zero attached hydrogens (tertiary/aromatic N) is 1. The van der Waals surface area contributed by atoms with Gasteiger partial charge in [-0.15, -0.1) is 0 Å². The van der Waals surface area contributed by atoms with Gasteiger partial charge in [0.25, 0.3) is 0 Å². The molecule has 0 aromatic rings. The van der Waals surface area contributed by atoms with Gasteiger partial charge < -0.3 is 10.0 Å². The van der Waals surface area contributed by atoms with Gasteiger partial charge in [-0.25, -0.2) is 4.79 Å². The van der Waals surface area contributed by atoms with Crippen LogP contribution in [0.3, 0.4) is 0 Å². The van der Waals surface area contributed by atoms with Crippen molar-refractivity contribution >= 4 is 23.6 Å². The number of carboxylic acid groups (broad SMARTS) is 1. The zero-order valence-electron chi connectivity index (χ0n) is 9.81. The molecule has 0 radical (unpaired) electrons. The summed E-state index contributed by atoms with van der Waals surface area (Å²) in [6.45, 7) is 2.63. The van der Waals surface area contributed by atoms with Crippen molar-refractivity contribution in [3.05, 3.63) is 0 Å². The first-order chi connectivity index (χ1) is 7.56. The van der Waals surface area contributed by atoms with Crippen LogP contribution in [0.4, 0.5) is 0 Å². The average Bonchev–Trinajstić information content (AvgIpc) is 2.25. The number of carbonyl (C=O) groups excluding carboxylic acids is 1. The predicted molar refractivity (Wildman–Crippen MR) is 64.5 cm³/mol. The second-order valence-electron chi connectivity index (χ2n) is 4.31. The SMILES string of the molecule is CSCCC(=O)N1CCC(C)CC1C(=O)O. The molecule has 1 aliphatic heterocycles. The zero-order valence-corrected chi connectivity index (χ0v) is 10.6. The molecule has 1 aliphatic rings. The van der Waals surface area contributed by atoms with Crippen LogP contribution < -0.4 is 0 Å². The summed E-state index contributed by atoms with van der Waals surface area (Å²) >= 11 is 1.61. The molecule has 16 heavy (non-hydrogen) atoms. The number of aliphatic carboxylic acids is 1. The van der Waals surface area contributed by atoms with E-state index in [1.807, 2.05) is 13.2 Å². The van der Waals surface area contributed by atoms with Gasteiger partial charge in [0, 0.05) is 18.7 Å². The van der Waals surface area contributed by atoms with E-state index in [-0.39, 0.29) is 5.91 Å². The quantitative estimate of drug-likeness (QED) is 0.814. The van der Waals surface area contributed by atoms with E-state index in [1.165, 1.54) is 0 Å². The molecule has 0 spiro atoms. The second-order valence-corrected chi connectivity index (χ2v) is 5.30. The maximum absolute atomic E-state index is 11.8. The molecule has 0 bridgehead atoms. The van der Waals surface area contributed by atoms with Crippen LogP contribution in [0, 0.1) is 5.92 Å². The topological polar surface area (TPSA) is 57.6 Å². The van der Waals surface area contributed by atoms with Crippen molar-refractivity contribution in [3.8, 4) is 0 Å². The molecule has 0 aliphatic carbocycles. The normalized spacial score (nSPS) is 25.5.